The van der Waals surface area contributed by atoms with E-state index in [2.05, 4.69) is 5.32 Å². The van der Waals surface area contributed by atoms with E-state index in [1.54, 1.807) is 29.2 Å². The summed E-state index contributed by atoms with van der Waals surface area (Å²) in [4.78, 5) is 27.4. The second kappa shape index (κ2) is 11.3. The number of nitrogens with one attached hydrogen (secondary N) is 1. The van der Waals surface area contributed by atoms with Crippen LogP contribution in [-0.2, 0) is 4.79 Å². The molecule has 8 heteroatoms. The summed E-state index contributed by atoms with van der Waals surface area (Å²) in [5.41, 5.74) is 0.407. The molecule has 1 saturated heterocycles. The van der Waals surface area contributed by atoms with Crippen molar-refractivity contribution in [2.45, 2.75) is 57.4 Å². The van der Waals surface area contributed by atoms with Gasteiger partial charge in [-0.05, 0) is 98.7 Å². The standard InChI is InChI=1S/C29H34ClFN2O4/c30-22-6-8-23(9-7-22)36-17-1-2-27(34)32-26-11-12-29(26)13-15-33(16-14-29)28(35)21-5-10-25(24(31)18-21)37-19-20-3-4-20/h5-10,18,20,26H,1-4,11-17,19H2,(H,32,34). The largest absolute Gasteiger partial charge is 0.494 e. The first kappa shape index (κ1) is 25.8. The molecule has 0 aromatic heterocycles. The van der Waals surface area contributed by atoms with Crippen LogP contribution < -0.4 is 14.8 Å². The average Bonchev–Trinajstić information content (AvgIpc) is 3.74. The Bertz CT molecular complexity index is 1110. The van der Waals surface area contributed by atoms with Crippen LogP contribution in [-0.4, -0.2) is 49.1 Å². The number of amides is 2. The zero-order chi connectivity index (χ0) is 25.8. The molecule has 0 bridgehead atoms. The lowest BCUT2D eigenvalue weighted by molar-refractivity contribution is -0.125. The zero-order valence-corrected chi connectivity index (χ0v) is 21.8. The highest BCUT2D eigenvalue weighted by atomic mass is 35.5. The van der Waals surface area contributed by atoms with Crippen LogP contribution in [0.15, 0.2) is 42.5 Å². The molecule has 3 aliphatic rings. The minimum absolute atomic E-state index is 0.0433. The lowest BCUT2D eigenvalue weighted by Crippen LogP contribution is -2.59. The molecule has 6 nitrogen and oxygen atoms in total. The SMILES string of the molecule is O=C(CCCOc1ccc(Cl)cc1)NC1CCC12CCN(C(=O)c1ccc(OCC3CC3)c(F)c1)CC2. The smallest absolute Gasteiger partial charge is 0.253 e. The van der Waals surface area contributed by atoms with Gasteiger partial charge in [0.1, 0.15) is 5.75 Å². The molecule has 1 unspecified atom stereocenters. The van der Waals surface area contributed by atoms with Crippen LogP contribution in [0.25, 0.3) is 0 Å². The van der Waals surface area contributed by atoms with Gasteiger partial charge < -0.3 is 19.7 Å². The van der Waals surface area contributed by atoms with Gasteiger partial charge >= 0.3 is 0 Å². The highest BCUT2D eigenvalue weighted by Gasteiger charge is 2.49. The molecule has 37 heavy (non-hydrogen) atoms. The predicted octanol–water partition coefficient (Wildman–Crippen LogP) is 5.63. The predicted molar refractivity (Wildman–Crippen MR) is 140 cm³/mol. The van der Waals surface area contributed by atoms with Crippen LogP contribution >= 0.6 is 11.6 Å². The topological polar surface area (TPSA) is 67.9 Å². The van der Waals surface area contributed by atoms with Crippen LogP contribution in [0.5, 0.6) is 11.5 Å². The number of benzene rings is 2. The molecule has 2 saturated carbocycles. The van der Waals surface area contributed by atoms with E-state index in [1.165, 1.54) is 6.07 Å². The summed E-state index contributed by atoms with van der Waals surface area (Å²) in [6.07, 6.45) is 7.03. The minimum Gasteiger partial charge on any atom is -0.494 e. The first-order valence-electron chi connectivity index (χ1n) is 13.3. The molecule has 5 rings (SSSR count). The molecule has 0 radical (unpaired) electrons. The average molecular weight is 529 g/mol. The van der Waals surface area contributed by atoms with Crippen LogP contribution in [0.3, 0.4) is 0 Å². The van der Waals surface area contributed by atoms with Crippen LogP contribution in [0.1, 0.15) is 61.7 Å². The summed E-state index contributed by atoms with van der Waals surface area (Å²) in [5.74, 6) is 0.899. The van der Waals surface area contributed by atoms with Gasteiger partial charge in [-0.15, -0.1) is 0 Å². The molecule has 2 aliphatic carbocycles. The fourth-order valence-corrected chi connectivity index (χ4v) is 5.45. The summed E-state index contributed by atoms with van der Waals surface area (Å²) < 4.78 is 25.7. The van der Waals surface area contributed by atoms with E-state index in [1.807, 2.05) is 12.1 Å². The third kappa shape index (κ3) is 6.38. The second-order valence-corrected chi connectivity index (χ2v) is 11.1. The van der Waals surface area contributed by atoms with Crippen LogP contribution in [0.4, 0.5) is 4.39 Å². The molecular formula is C29H34ClFN2O4. The molecule has 1 spiro atoms. The van der Waals surface area contributed by atoms with Crippen molar-refractivity contribution in [3.05, 3.63) is 58.9 Å². The molecule has 3 fully saturated rings. The maximum atomic E-state index is 14.5. The van der Waals surface area contributed by atoms with Crippen molar-refractivity contribution < 1.29 is 23.5 Å². The Labute approximate surface area is 222 Å². The Kier molecular flexibility index (Phi) is 7.89. The van der Waals surface area contributed by atoms with Gasteiger partial charge in [0, 0.05) is 36.1 Å². The van der Waals surface area contributed by atoms with Crippen LogP contribution in [0.2, 0.25) is 5.02 Å². The van der Waals surface area contributed by atoms with E-state index >= 15 is 0 Å². The molecule has 2 amide bonds. The first-order valence-corrected chi connectivity index (χ1v) is 13.7. The fourth-order valence-electron chi connectivity index (χ4n) is 5.32. The van der Waals surface area contributed by atoms with E-state index < -0.39 is 5.82 Å². The van der Waals surface area contributed by atoms with Gasteiger partial charge in [-0.3, -0.25) is 9.59 Å². The van der Waals surface area contributed by atoms with Crippen molar-refractivity contribution in [2.24, 2.45) is 11.3 Å². The minimum atomic E-state index is -0.486. The van der Waals surface area contributed by atoms with Gasteiger partial charge in [0.05, 0.1) is 13.2 Å². The van der Waals surface area contributed by atoms with Crippen molar-refractivity contribution in [3.8, 4) is 11.5 Å². The van der Waals surface area contributed by atoms with Gasteiger partial charge in [0.15, 0.2) is 11.6 Å². The number of carbonyl (C=O) groups excluding carboxylic acids is 2. The van der Waals surface area contributed by atoms with Crippen molar-refractivity contribution in [1.82, 2.24) is 10.2 Å². The summed E-state index contributed by atoms with van der Waals surface area (Å²) >= 11 is 5.88. The number of nitrogens with zero attached hydrogens (tertiary/aromatic N) is 1. The number of hydrogen-bond donors (Lipinski definition) is 1. The third-order valence-electron chi connectivity index (χ3n) is 8.03. The number of ether oxygens (including phenoxy) is 2. The van der Waals surface area contributed by atoms with Crippen molar-refractivity contribution in [3.63, 3.8) is 0 Å². The van der Waals surface area contributed by atoms with Gasteiger partial charge in [-0.1, -0.05) is 11.6 Å². The van der Waals surface area contributed by atoms with Crippen molar-refractivity contribution in [1.29, 1.82) is 0 Å². The zero-order valence-electron chi connectivity index (χ0n) is 21.0. The third-order valence-corrected chi connectivity index (χ3v) is 8.28. The monoisotopic (exact) mass is 528 g/mol. The first-order chi connectivity index (χ1) is 17.9. The van der Waals surface area contributed by atoms with Crippen molar-refractivity contribution in [2.75, 3.05) is 26.3 Å². The summed E-state index contributed by atoms with van der Waals surface area (Å²) in [5, 5.41) is 3.88. The molecule has 2 aromatic rings. The fraction of sp³-hybridized carbons (Fsp3) is 0.517. The van der Waals surface area contributed by atoms with Gasteiger partial charge in [-0.25, -0.2) is 4.39 Å². The van der Waals surface area contributed by atoms with E-state index in [9.17, 15) is 14.0 Å². The van der Waals surface area contributed by atoms with E-state index in [0.717, 1.165) is 44.3 Å². The van der Waals surface area contributed by atoms with Gasteiger partial charge in [0.2, 0.25) is 5.91 Å². The summed E-state index contributed by atoms with van der Waals surface area (Å²) in [6, 6.07) is 11.8. The normalized spacial score (nSPS) is 20.3. The maximum absolute atomic E-state index is 14.5. The van der Waals surface area contributed by atoms with Gasteiger partial charge in [-0.2, -0.15) is 0 Å². The Morgan fingerprint density at radius 1 is 1.03 bits per heavy atom. The molecule has 198 valence electrons. The summed E-state index contributed by atoms with van der Waals surface area (Å²) in [6.45, 7) is 2.23. The van der Waals surface area contributed by atoms with Gasteiger partial charge in [0.25, 0.3) is 5.91 Å². The number of halogens is 2. The Balaban J connectivity index is 1.04. The van der Waals surface area contributed by atoms with E-state index in [4.69, 9.17) is 21.1 Å². The van der Waals surface area contributed by atoms with Crippen LogP contribution in [0, 0.1) is 17.2 Å². The summed E-state index contributed by atoms with van der Waals surface area (Å²) in [7, 11) is 0. The molecule has 1 heterocycles. The molecule has 2 aromatic carbocycles. The van der Waals surface area contributed by atoms with E-state index in [0.29, 0.717) is 55.6 Å². The highest BCUT2D eigenvalue weighted by Crippen LogP contribution is 2.49. The molecule has 1 N–H and O–H groups in total. The molecule has 1 aliphatic heterocycles. The number of carbonyl (C=O) groups is 2. The maximum Gasteiger partial charge on any atom is 0.253 e. The molecular weight excluding hydrogens is 495 g/mol. The number of hydrogen-bond acceptors (Lipinski definition) is 4. The number of piperidine rings is 1. The lowest BCUT2D eigenvalue weighted by Gasteiger charge is -2.54. The lowest BCUT2D eigenvalue weighted by atomic mass is 9.59. The van der Waals surface area contributed by atoms with E-state index in [-0.39, 0.29) is 29.0 Å². The molecule has 1 atom stereocenters. The Morgan fingerprint density at radius 3 is 2.43 bits per heavy atom. The Morgan fingerprint density at radius 2 is 1.78 bits per heavy atom. The quantitative estimate of drug-likeness (QED) is 0.406. The Hall–Kier alpha value is -2.80. The number of likely N-dealkylation sites (tertiary alicyclic amines) is 1. The van der Waals surface area contributed by atoms with Crippen molar-refractivity contribution >= 4 is 23.4 Å². The highest BCUT2D eigenvalue weighted by molar-refractivity contribution is 6.30. The number of rotatable bonds is 10. The second-order valence-electron chi connectivity index (χ2n) is 10.6.